The van der Waals surface area contributed by atoms with Gasteiger partial charge in [0.2, 0.25) is 11.8 Å². The number of aryl methyl sites for hydroxylation is 1. The van der Waals surface area contributed by atoms with Gasteiger partial charge in [0, 0.05) is 38.9 Å². The second-order valence-corrected chi connectivity index (χ2v) is 7.76. The van der Waals surface area contributed by atoms with Crippen LogP contribution in [0.4, 0.5) is 0 Å². The molecule has 0 aromatic carbocycles. The molecule has 2 aliphatic heterocycles. The molecule has 0 aliphatic carbocycles. The number of likely N-dealkylation sites (tertiary alicyclic amines) is 1. The summed E-state index contributed by atoms with van der Waals surface area (Å²) in [7, 11) is 1.87. The number of amides is 1. The van der Waals surface area contributed by atoms with Gasteiger partial charge in [-0.1, -0.05) is 0 Å². The minimum absolute atomic E-state index is 0.0633. The molecule has 0 radical (unpaired) electrons. The van der Waals surface area contributed by atoms with Gasteiger partial charge in [0.15, 0.2) is 5.65 Å². The number of hydrogen-bond donors (Lipinski definition) is 0. The fraction of sp³-hybridized carbons (Fsp3) is 0.550. The SMILES string of the molecule is Cn1cnc2c(C(=O)N3CCCCC3c3nnc(C4CCOCC4)o3)ccnc21. The van der Waals surface area contributed by atoms with Crippen LogP contribution in [0, 0.1) is 0 Å². The number of imidazole rings is 1. The van der Waals surface area contributed by atoms with Crippen LogP contribution < -0.4 is 0 Å². The Hall–Kier alpha value is -2.81. The average molecular weight is 396 g/mol. The monoisotopic (exact) mass is 396 g/mol. The molecule has 3 aromatic rings. The van der Waals surface area contributed by atoms with Crippen molar-refractivity contribution in [3.05, 3.63) is 35.9 Å². The number of fused-ring (bicyclic) bond motifs is 1. The second-order valence-electron chi connectivity index (χ2n) is 7.76. The first kappa shape index (κ1) is 18.2. The zero-order chi connectivity index (χ0) is 19.8. The number of aromatic nitrogens is 5. The molecule has 0 spiro atoms. The standard InChI is InChI=1S/C20H24N6O3/c1-25-12-22-16-14(5-8-21-17(16)25)20(27)26-9-3-2-4-15(26)19-24-23-18(29-19)13-6-10-28-11-7-13/h5,8,12-13,15H,2-4,6-7,9-11H2,1H3. The van der Waals surface area contributed by atoms with Crippen molar-refractivity contribution in [1.82, 2.24) is 29.6 Å². The topological polar surface area (TPSA) is 99.2 Å². The highest BCUT2D eigenvalue weighted by Gasteiger charge is 2.34. The van der Waals surface area contributed by atoms with Gasteiger partial charge >= 0.3 is 0 Å². The van der Waals surface area contributed by atoms with Crippen molar-refractivity contribution < 1.29 is 13.9 Å². The number of ether oxygens (including phenoxy) is 1. The number of hydrogen-bond acceptors (Lipinski definition) is 7. The van der Waals surface area contributed by atoms with E-state index in [1.54, 1.807) is 18.6 Å². The third-order valence-corrected chi connectivity index (χ3v) is 5.91. The lowest BCUT2D eigenvalue weighted by molar-refractivity contribution is 0.0563. The Morgan fingerprint density at radius 3 is 2.79 bits per heavy atom. The highest BCUT2D eigenvalue weighted by atomic mass is 16.5. The van der Waals surface area contributed by atoms with E-state index in [1.165, 1.54) is 0 Å². The zero-order valence-corrected chi connectivity index (χ0v) is 16.5. The van der Waals surface area contributed by atoms with Crippen LogP contribution in [0.25, 0.3) is 11.2 Å². The van der Waals surface area contributed by atoms with Gasteiger partial charge < -0.3 is 18.6 Å². The van der Waals surface area contributed by atoms with Crippen LogP contribution in [-0.2, 0) is 11.8 Å². The Morgan fingerprint density at radius 1 is 1.10 bits per heavy atom. The van der Waals surface area contributed by atoms with E-state index in [4.69, 9.17) is 9.15 Å². The van der Waals surface area contributed by atoms with Gasteiger partial charge in [-0.15, -0.1) is 10.2 Å². The lowest BCUT2D eigenvalue weighted by Gasteiger charge is -2.33. The molecule has 9 nitrogen and oxygen atoms in total. The van der Waals surface area contributed by atoms with E-state index in [9.17, 15) is 4.79 Å². The lowest BCUT2D eigenvalue weighted by Crippen LogP contribution is -2.38. The van der Waals surface area contributed by atoms with E-state index in [0.29, 0.717) is 35.1 Å². The molecule has 0 bridgehead atoms. The van der Waals surface area contributed by atoms with E-state index < -0.39 is 0 Å². The maximum atomic E-state index is 13.5. The minimum atomic E-state index is -0.204. The molecular formula is C20H24N6O3. The summed E-state index contributed by atoms with van der Waals surface area (Å²) in [5.41, 5.74) is 1.88. The Kier molecular flexibility index (Phi) is 4.75. The highest BCUT2D eigenvalue weighted by Crippen LogP contribution is 2.34. The summed E-state index contributed by atoms with van der Waals surface area (Å²) < 4.78 is 13.3. The summed E-state index contributed by atoms with van der Waals surface area (Å²) in [6.07, 6.45) is 7.93. The van der Waals surface area contributed by atoms with Gasteiger partial charge in [-0.2, -0.15) is 0 Å². The Morgan fingerprint density at radius 2 is 1.93 bits per heavy atom. The van der Waals surface area contributed by atoms with Crippen LogP contribution in [0.2, 0.25) is 0 Å². The molecule has 0 saturated carbocycles. The molecule has 1 unspecified atom stereocenters. The van der Waals surface area contributed by atoms with Crippen molar-refractivity contribution in [2.24, 2.45) is 7.05 Å². The van der Waals surface area contributed by atoms with Gasteiger partial charge in [-0.3, -0.25) is 4.79 Å². The Bertz CT molecular complexity index is 1020. The average Bonchev–Trinajstić information content (AvgIpc) is 3.41. The molecule has 2 fully saturated rings. The van der Waals surface area contributed by atoms with Gasteiger partial charge in [-0.25, -0.2) is 9.97 Å². The smallest absolute Gasteiger partial charge is 0.256 e. The molecule has 2 aliphatic rings. The Balaban J connectivity index is 1.44. The van der Waals surface area contributed by atoms with Crippen molar-refractivity contribution >= 4 is 17.1 Å². The van der Waals surface area contributed by atoms with E-state index in [0.717, 1.165) is 45.3 Å². The van der Waals surface area contributed by atoms with Crippen molar-refractivity contribution in [2.75, 3.05) is 19.8 Å². The molecule has 0 N–H and O–H groups in total. The number of nitrogens with zero attached hydrogens (tertiary/aromatic N) is 6. The molecule has 5 rings (SSSR count). The molecule has 2 saturated heterocycles. The van der Waals surface area contributed by atoms with Crippen LogP contribution in [0.5, 0.6) is 0 Å². The van der Waals surface area contributed by atoms with Crippen LogP contribution in [0.15, 0.2) is 23.0 Å². The zero-order valence-electron chi connectivity index (χ0n) is 16.5. The molecule has 5 heterocycles. The third-order valence-electron chi connectivity index (χ3n) is 5.91. The summed E-state index contributed by atoms with van der Waals surface area (Å²) >= 11 is 0. The fourth-order valence-electron chi connectivity index (χ4n) is 4.28. The summed E-state index contributed by atoms with van der Waals surface area (Å²) in [4.78, 5) is 24.0. The molecule has 9 heteroatoms. The van der Waals surface area contributed by atoms with Crippen molar-refractivity contribution in [3.63, 3.8) is 0 Å². The van der Waals surface area contributed by atoms with Gasteiger partial charge in [-0.05, 0) is 38.2 Å². The lowest BCUT2D eigenvalue weighted by atomic mass is 10.00. The number of piperidine rings is 1. The largest absolute Gasteiger partial charge is 0.423 e. The van der Waals surface area contributed by atoms with Crippen LogP contribution in [0.3, 0.4) is 0 Å². The Labute approximate surface area is 168 Å². The first-order chi connectivity index (χ1) is 14.2. The van der Waals surface area contributed by atoms with Crippen LogP contribution >= 0.6 is 0 Å². The maximum Gasteiger partial charge on any atom is 0.256 e. The molecular weight excluding hydrogens is 372 g/mol. The van der Waals surface area contributed by atoms with Crippen molar-refractivity contribution in [1.29, 1.82) is 0 Å². The number of carbonyl (C=O) groups excluding carboxylic acids is 1. The first-order valence-corrected chi connectivity index (χ1v) is 10.2. The normalized spacial score (nSPS) is 21.0. The molecule has 29 heavy (non-hydrogen) atoms. The maximum absolute atomic E-state index is 13.5. The van der Waals surface area contributed by atoms with E-state index in [2.05, 4.69) is 20.2 Å². The summed E-state index contributed by atoms with van der Waals surface area (Å²) in [6, 6.07) is 1.54. The number of carbonyl (C=O) groups is 1. The van der Waals surface area contributed by atoms with Crippen LogP contribution in [0.1, 0.15) is 66.2 Å². The quantitative estimate of drug-likeness (QED) is 0.671. The van der Waals surface area contributed by atoms with Gasteiger partial charge in [0.25, 0.3) is 5.91 Å². The predicted molar refractivity (Wildman–Crippen MR) is 103 cm³/mol. The minimum Gasteiger partial charge on any atom is -0.423 e. The molecule has 1 atom stereocenters. The fourth-order valence-corrected chi connectivity index (χ4v) is 4.28. The molecule has 152 valence electrons. The summed E-state index contributed by atoms with van der Waals surface area (Å²) in [5, 5.41) is 8.62. The van der Waals surface area contributed by atoms with Crippen LogP contribution in [-0.4, -0.2) is 55.3 Å². The van der Waals surface area contributed by atoms with Gasteiger partial charge in [0.1, 0.15) is 11.6 Å². The van der Waals surface area contributed by atoms with Gasteiger partial charge in [0.05, 0.1) is 11.9 Å². The predicted octanol–water partition coefficient (Wildman–Crippen LogP) is 2.61. The van der Waals surface area contributed by atoms with E-state index in [1.807, 2.05) is 16.5 Å². The first-order valence-electron chi connectivity index (χ1n) is 10.2. The van der Waals surface area contributed by atoms with Crippen molar-refractivity contribution in [2.45, 2.75) is 44.1 Å². The molecule has 3 aromatic heterocycles. The highest BCUT2D eigenvalue weighted by molar-refractivity contribution is 6.04. The third kappa shape index (κ3) is 3.29. The summed E-state index contributed by atoms with van der Waals surface area (Å²) in [5.74, 6) is 1.38. The van der Waals surface area contributed by atoms with Crippen molar-refractivity contribution in [3.8, 4) is 0 Å². The van der Waals surface area contributed by atoms with E-state index >= 15 is 0 Å². The van der Waals surface area contributed by atoms with E-state index in [-0.39, 0.29) is 17.9 Å². The number of rotatable bonds is 3. The summed E-state index contributed by atoms with van der Waals surface area (Å²) in [6.45, 7) is 2.10. The second kappa shape index (κ2) is 7.55. The molecule has 1 amide bonds. The number of pyridine rings is 1.